The summed E-state index contributed by atoms with van der Waals surface area (Å²) in [5.74, 6) is 0.867. The van der Waals surface area contributed by atoms with Crippen LogP contribution in [0.3, 0.4) is 0 Å². The minimum absolute atomic E-state index is 0.378. The summed E-state index contributed by atoms with van der Waals surface area (Å²) in [5.41, 5.74) is 0.963. The Balaban J connectivity index is 1.21. The number of rotatable bonds is 12. The topological polar surface area (TPSA) is 122 Å². The summed E-state index contributed by atoms with van der Waals surface area (Å²) < 4.78 is 16.6. The van der Waals surface area contributed by atoms with Crippen LogP contribution in [0.1, 0.15) is 38.5 Å². The maximum atomic E-state index is 9.92. The molecule has 172 valence electrons. The smallest absolute Gasteiger partial charge is 0.186 e. The molecule has 5 atom stereocenters. The number of ether oxygens (including phenoxy) is 3. The Morgan fingerprint density at radius 2 is 1.61 bits per heavy atom. The van der Waals surface area contributed by atoms with Gasteiger partial charge in [0.15, 0.2) is 6.29 Å². The van der Waals surface area contributed by atoms with Gasteiger partial charge in [-0.1, -0.05) is 31.7 Å². The Bertz CT molecular complexity index is 787. The van der Waals surface area contributed by atoms with Crippen LogP contribution in [0.4, 0.5) is 0 Å². The van der Waals surface area contributed by atoms with Crippen LogP contribution in [0.5, 0.6) is 5.75 Å². The molecule has 8 heteroatoms. The zero-order valence-corrected chi connectivity index (χ0v) is 17.7. The van der Waals surface area contributed by atoms with Gasteiger partial charge < -0.3 is 34.6 Å². The summed E-state index contributed by atoms with van der Waals surface area (Å²) in [4.78, 5) is 4.30. The molecule has 0 radical (unpaired) electrons. The third kappa shape index (κ3) is 6.83. The largest absolute Gasteiger partial charge is 0.494 e. The average molecular weight is 436 g/mol. The lowest BCUT2D eigenvalue weighted by atomic mass is 9.99. The van der Waals surface area contributed by atoms with Crippen molar-refractivity contribution < 1.29 is 34.6 Å². The number of pyridine rings is 1. The van der Waals surface area contributed by atoms with Gasteiger partial charge in [0, 0.05) is 18.2 Å². The van der Waals surface area contributed by atoms with Crippen LogP contribution in [0.25, 0.3) is 10.9 Å². The summed E-state index contributed by atoms with van der Waals surface area (Å²) in [6.45, 7) is 0.612. The van der Waals surface area contributed by atoms with Gasteiger partial charge in [0.2, 0.25) is 0 Å². The van der Waals surface area contributed by atoms with Crippen molar-refractivity contribution in [3.05, 3.63) is 36.5 Å². The van der Waals surface area contributed by atoms with Crippen molar-refractivity contribution in [2.45, 2.75) is 69.2 Å². The van der Waals surface area contributed by atoms with Gasteiger partial charge in [0.05, 0.1) is 18.7 Å². The lowest BCUT2D eigenvalue weighted by Crippen LogP contribution is -2.59. The molecule has 0 amide bonds. The molecule has 2 heterocycles. The lowest BCUT2D eigenvalue weighted by molar-refractivity contribution is -0.301. The zero-order valence-electron chi connectivity index (χ0n) is 17.7. The van der Waals surface area contributed by atoms with E-state index in [4.69, 9.17) is 14.2 Å². The Labute approximate surface area is 182 Å². The molecular formula is C23H33NO7. The molecule has 1 saturated heterocycles. The minimum Gasteiger partial charge on any atom is -0.494 e. The predicted molar refractivity (Wildman–Crippen MR) is 115 cm³/mol. The van der Waals surface area contributed by atoms with Crippen LogP contribution in [0, 0.1) is 0 Å². The molecule has 1 unspecified atom stereocenters. The number of hydrogen-bond donors (Lipinski definition) is 4. The van der Waals surface area contributed by atoms with Crippen molar-refractivity contribution in [1.82, 2.24) is 4.98 Å². The van der Waals surface area contributed by atoms with E-state index in [1.165, 1.54) is 0 Å². The Morgan fingerprint density at radius 3 is 2.39 bits per heavy atom. The highest BCUT2D eigenvalue weighted by molar-refractivity contribution is 5.79. The fraction of sp³-hybridized carbons (Fsp3) is 0.609. The molecule has 1 fully saturated rings. The van der Waals surface area contributed by atoms with Gasteiger partial charge in [-0.05, 0) is 37.1 Å². The van der Waals surface area contributed by atoms with Gasteiger partial charge in [-0.15, -0.1) is 0 Å². The molecule has 0 spiro atoms. The van der Waals surface area contributed by atoms with Gasteiger partial charge in [-0.2, -0.15) is 0 Å². The molecule has 1 aromatic carbocycles. The second-order valence-electron chi connectivity index (χ2n) is 7.90. The quantitative estimate of drug-likeness (QED) is 0.372. The van der Waals surface area contributed by atoms with Gasteiger partial charge in [0.25, 0.3) is 0 Å². The monoisotopic (exact) mass is 435 g/mol. The van der Waals surface area contributed by atoms with Crippen LogP contribution in [-0.2, 0) is 9.47 Å². The van der Waals surface area contributed by atoms with Gasteiger partial charge in [-0.3, -0.25) is 4.98 Å². The van der Waals surface area contributed by atoms with E-state index in [9.17, 15) is 20.4 Å². The number of hydrogen-bond acceptors (Lipinski definition) is 8. The molecule has 2 aromatic rings. The molecule has 31 heavy (non-hydrogen) atoms. The minimum atomic E-state index is -1.40. The fourth-order valence-corrected chi connectivity index (χ4v) is 3.65. The van der Waals surface area contributed by atoms with Crippen molar-refractivity contribution in [3.63, 3.8) is 0 Å². The summed E-state index contributed by atoms with van der Waals surface area (Å²) in [6, 6.07) is 9.87. The first-order valence-corrected chi connectivity index (χ1v) is 11.0. The van der Waals surface area contributed by atoms with E-state index in [1.54, 1.807) is 6.20 Å². The number of aliphatic hydroxyl groups is 4. The fourth-order valence-electron chi connectivity index (χ4n) is 3.65. The molecule has 0 aliphatic carbocycles. The van der Waals surface area contributed by atoms with Crippen molar-refractivity contribution in [2.24, 2.45) is 0 Å². The van der Waals surface area contributed by atoms with Crippen LogP contribution in [-0.4, -0.2) is 75.9 Å². The number of aromatic nitrogens is 1. The van der Waals surface area contributed by atoms with E-state index in [2.05, 4.69) is 4.98 Å². The second kappa shape index (κ2) is 12.3. The van der Waals surface area contributed by atoms with E-state index in [1.807, 2.05) is 30.3 Å². The van der Waals surface area contributed by atoms with Crippen LogP contribution in [0.2, 0.25) is 0 Å². The summed E-state index contributed by atoms with van der Waals surface area (Å²) in [6.07, 6.45) is 1.75. The first-order valence-electron chi connectivity index (χ1n) is 11.0. The maximum absolute atomic E-state index is 9.92. The van der Waals surface area contributed by atoms with E-state index >= 15 is 0 Å². The highest BCUT2D eigenvalue weighted by atomic mass is 16.7. The Morgan fingerprint density at radius 1 is 0.871 bits per heavy atom. The summed E-state index contributed by atoms with van der Waals surface area (Å²) in [5, 5.41) is 39.7. The molecule has 1 aliphatic heterocycles. The molecule has 8 nitrogen and oxygen atoms in total. The normalized spacial score (nSPS) is 26.3. The van der Waals surface area contributed by atoms with Crippen molar-refractivity contribution in [2.75, 3.05) is 19.8 Å². The van der Waals surface area contributed by atoms with E-state index in [0.29, 0.717) is 13.2 Å². The maximum Gasteiger partial charge on any atom is 0.186 e. The Kier molecular flexibility index (Phi) is 9.45. The highest BCUT2D eigenvalue weighted by Gasteiger charge is 2.43. The van der Waals surface area contributed by atoms with Gasteiger partial charge in [0.1, 0.15) is 30.2 Å². The van der Waals surface area contributed by atoms with E-state index < -0.39 is 37.3 Å². The molecule has 1 aliphatic rings. The predicted octanol–water partition coefficient (Wildman–Crippen LogP) is 1.77. The third-order valence-electron chi connectivity index (χ3n) is 5.51. The van der Waals surface area contributed by atoms with Crippen LogP contribution < -0.4 is 4.74 Å². The highest BCUT2D eigenvalue weighted by Crippen LogP contribution is 2.22. The third-order valence-corrected chi connectivity index (χ3v) is 5.51. The summed E-state index contributed by atoms with van der Waals surface area (Å²) >= 11 is 0. The molecule has 0 saturated carbocycles. The number of nitrogens with zero attached hydrogens (tertiary/aromatic N) is 1. The number of benzene rings is 1. The molecule has 1 aromatic heterocycles. The van der Waals surface area contributed by atoms with E-state index in [0.717, 1.165) is 55.2 Å². The van der Waals surface area contributed by atoms with Gasteiger partial charge in [-0.25, -0.2) is 0 Å². The lowest BCUT2D eigenvalue weighted by Gasteiger charge is -2.39. The molecule has 3 rings (SSSR count). The van der Waals surface area contributed by atoms with Crippen molar-refractivity contribution in [1.29, 1.82) is 0 Å². The number of aliphatic hydroxyl groups excluding tert-OH is 4. The first-order chi connectivity index (χ1) is 15.1. The van der Waals surface area contributed by atoms with Crippen LogP contribution >= 0.6 is 0 Å². The van der Waals surface area contributed by atoms with Gasteiger partial charge >= 0.3 is 0 Å². The van der Waals surface area contributed by atoms with Crippen molar-refractivity contribution in [3.8, 4) is 5.75 Å². The zero-order chi connectivity index (χ0) is 22.1. The number of unbranched alkanes of at least 4 members (excludes halogenated alkanes) is 5. The van der Waals surface area contributed by atoms with Crippen molar-refractivity contribution >= 4 is 10.9 Å². The number of fused-ring (bicyclic) bond motifs is 1. The van der Waals surface area contributed by atoms with E-state index in [-0.39, 0.29) is 0 Å². The first kappa shape index (κ1) is 23.8. The van der Waals surface area contributed by atoms with Crippen LogP contribution in [0.15, 0.2) is 36.5 Å². The summed E-state index contributed by atoms with van der Waals surface area (Å²) in [7, 11) is 0. The SMILES string of the molecule is OC[C@H]1OC(OCCCCCCCCOc2ccc3ncccc3c2)[C@H](O)[C@@H](O)[C@@H]1O. The standard InChI is InChI=1S/C23H33NO7/c25-15-19-20(26)21(27)22(28)23(31-19)30-13-6-4-2-1-3-5-12-29-17-9-10-18-16(14-17)8-7-11-24-18/h7-11,14,19-23,25-28H,1-6,12-13,15H2/t19-,20-,21+,22-,23?/m1/s1. The molecule has 0 bridgehead atoms. The molecular weight excluding hydrogens is 402 g/mol. The Hall–Kier alpha value is -1.81. The second-order valence-corrected chi connectivity index (χ2v) is 7.90. The molecule has 4 N–H and O–H groups in total. The average Bonchev–Trinajstić information content (AvgIpc) is 2.80.